The Morgan fingerprint density at radius 3 is 2.71 bits per heavy atom. The first-order valence-corrected chi connectivity index (χ1v) is 2.58. The lowest BCUT2D eigenvalue weighted by Gasteiger charge is -1.95. The molecule has 0 radical (unpaired) electrons. The highest BCUT2D eigenvalue weighted by Crippen LogP contribution is 1.99. The van der Waals surface area contributed by atoms with Crippen molar-refractivity contribution in [3.63, 3.8) is 0 Å². The number of hydrazone groups is 1. The third kappa shape index (κ3) is 0.918. The van der Waals surface area contributed by atoms with E-state index in [1.165, 1.54) is 5.71 Å². The molecule has 1 aliphatic heterocycles. The standard InChI is InChI=1S/C5H10N2/c1-4-3-5(2)7-6-4/h4,6H,3H2,1-2H3/t4-/m0/s1. The summed E-state index contributed by atoms with van der Waals surface area (Å²) in [6.45, 7) is 4.16. The summed E-state index contributed by atoms with van der Waals surface area (Å²) in [6.07, 6.45) is 1.11. The van der Waals surface area contributed by atoms with E-state index in [-0.39, 0.29) is 0 Å². The van der Waals surface area contributed by atoms with E-state index in [4.69, 9.17) is 0 Å². The molecular formula is C5H10N2. The predicted molar refractivity (Wildman–Crippen MR) is 30.3 cm³/mol. The Bertz CT molecular complexity index is 96.3. The van der Waals surface area contributed by atoms with E-state index in [2.05, 4.69) is 17.5 Å². The molecule has 0 saturated heterocycles. The lowest BCUT2D eigenvalue weighted by atomic mass is 10.2. The predicted octanol–water partition coefficient (Wildman–Crippen LogP) is 0.744. The molecule has 40 valence electrons. The van der Waals surface area contributed by atoms with Gasteiger partial charge < -0.3 is 5.43 Å². The molecule has 0 spiro atoms. The average Bonchev–Trinajstić information content (AvgIpc) is 1.87. The molecule has 1 atom stereocenters. The van der Waals surface area contributed by atoms with Crippen LogP contribution in [0.4, 0.5) is 0 Å². The summed E-state index contributed by atoms with van der Waals surface area (Å²) in [7, 11) is 0. The van der Waals surface area contributed by atoms with Gasteiger partial charge in [-0.1, -0.05) is 0 Å². The van der Waals surface area contributed by atoms with E-state index in [0.29, 0.717) is 6.04 Å². The number of rotatable bonds is 0. The highest BCUT2D eigenvalue weighted by molar-refractivity contribution is 5.83. The van der Waals surface area contributed by atoms with Gasteiger partial charge in [-0.05, 0) is 13.8 Å². The summed E-state index contributed by atoms with van der Waals surface area (Å²) in [5.74, 6) is 0. The molecule has 2 nitrogen and oxygen atoms in total. The number of hydrogen-bond donors (Lipinski definition) is 1. The Labute approximate surface area is 43.6 Å². The lowest BCUT2D eigenvalue weighted by Crippen LogP contribution is -2.13. The zero-order chi connectivity index (χ0) is 5.28. The van der Waals surface area contributed by atoms with Gasteiger partial charge in [0.2, 0.25) is 0 Å². The summed E-state index contributed by atoms with van der Waals surface area (Å²) < 4.78 is 0. The van der Waals surface area contributed by atoms with Crippen molar-refractivity contribution in [3.05, 3.63) is 0 Å². The van der Waals surface area contributed by atoms with Gasteiger partial charge in [-0.25, -0.2) is 0 Å². The summed E-state index contributed by atoms with van der Waals surface area (Å²) in [5, 5.41) is 3.98. The largest absolute Gasteiger partial charge is 0.307 e. The molecule has 1 N–H and O–H groups in total. The maximum Gasteiger partial charge on any atom is 0.0464 e. The second-order valence-electron chi connectivity index (χ2n) is 2.08. The molecular weight excluding hydrogens is 88.1 g/mol. The van der Waals surface area contributed by atoms with E-state index in [1.807, 2.05) is 6.92 Å². The average molecular weight is 98.1 g/mol. The van der Waals surface area contributed by atoms with Crippen LogP contribution < -0.4 is 5.43 Å². The molecule has 0 saturated carbocycles. The van der Waals surface area contributed by atoms with Crippen LogP contribution in [0.5, 0.6) is 0 Å². The van der Waals surface area contributed by atoms with Crippen molar-refractivity contribution in [1.29, 1.82) is 0 Å². The van der Waals surface area contributed by atoms with E-state index < -0.39 is 0 Å². The third-order valence-corrected chi connectivity index (χ3v) is 1.08. The van der Waals surface area contributed by atoms with Crippen molar-refractivity contribution >= 4 is 5.71 Å². The van der Waals surface area contributed by atoms with Gasteiger partial charge in [0.05, 0.1) is 0 Å². The highest BCUT2D eigenvalue weighted by atomic mass is 15.3. The van der Waals surface area contributed by atoms with E-state index in [1.54, 1.807) is 0 Å². The van der Waals surface area contributed by atoms with Crippen LogP contribution >= 0.6 is 0 Å². The molecule has 0 aromatic carbocycles. The smallest absolute Gasteiger partial charge is 0.0464 e. The molecule has 2 heteroatoms. The fourth-order valence-electron chi connectivity index (χ4n) is 0.755. The van der Waals surface area contributed by atoms with Crippen molar-refractivity contribution in [2.75, 3.05) is 0 Å². The summed E-state index contributed by atoms with van der Waals surface area (Å²) in [4.78, 5) is 0. The van der Waals surface area contributed by atoms with Gasteiger partial charge in [-0.3, -0.25) is 0 Å². The van der Waals surface area contributed by atoms with Crippen molar-refractivity contribution in [2.24, 2.45) is 5.10 Å². The van der Waals surface area contributed by atoms with E-state index >= 15 is 0 Å². The number of nitrogens with one attached hydrogen (secondary N) is 1. The van der Waals surface area contributed by atoms with Gasteiger partial charge in [0.15, 0.2) is 0 Å². The molecule has 7 heavy (non-hydrogen) atoms. The number of nitrogens with zero attached hydrogens (tertiary/aromatic N) is 1. The third-order valence-electron chi connectivity index (χ3n) is 1.08. The first-order valence-electron chi connectivity index (χ1n) is 2.58. The molecule has 0 amide bonds. The zero-order valence-corrected chi connectivity index (χ0v) is 4.73. The Hall–Kier alpha value is -0.530. The van der Waals surface area contributed by atoms with Gasteiger partial charge >= 0.3 is 0 Å². The molecule has 1 aliphatic rings. The van der Waals surface area contributed by atoms with Crippen molar-refractivity contribution in [1.82, 2.24) is 5.43 Å². The van der Waals surface area contributed by atoms with Gasteiger partial charge in [0.1, 0.15) is 0 Å². The maximum atomic E-state index is 3.98. The van der Waals surface area contributed by atoms with Crippen LogP contribution in [0.2, 0.25) is 0 Å². The second kappa shape index (κ2) is 1.52. The Kier molecular flexibility index (Phi) is 1.01. The molecule has 0 aromatic rings. The zero-order valence-electron chi connectivity index (χ0n) is 4.73. The summed E-state index contributed by atoms with van der Waals surface area (Å²) in [6, 6.07) is 0.569. The van der Waals surface area contributed by atoms with Crippen molar-refractivity contribution in [2.45, 2.75) is 26.3 Å². The summed E-state index contributed by atoms with van der Waals surface area (Å²) >= 11 is 0. The van der Waals surface area contributed by atoms with Crippen molar-refractivity contribution < 1.29 is 0 Å². The van der Waals surface area contributed by atoms with Gasteiger partial charge in [-0.2, -0.15) is 5.10 Å². The minimum atomic E-state index is 0.569. The van der Waals surface area contributed by atoms with Crippen LogP contribution in [0.25, 0.3) is 0 Å². The minimum Gasteiger partial charge on any atom is -0.307 e. The molecule has 0 unspecified atom stereocenters. The topological polar surface area (TPSA) is 24.4 Å². The SMILES string of the molecule is CC1=NN[C@@H](C)C1. The van der Waals surface area contributed by atoms with Crippen LogP contribution in [0.15, 0.2) is 5.10 Å². The Morgan fingerprint density at radius 1 is 1.86 bits per heavy atom. The quantitative estimate of drug-likeness (QED) is 0.475. The number of hydrogen-bond acceptors (Lipinski definition) is 2. The van der Waals surface area contributed by atoms with Gasteiger partial charge in [0, 0.05) is 18.2 Å². The molecule has 0 bridgehead atoms. The van der Waals surface area contributed by atoms with Crippen LogP contribution in [-0.2, 0) is 0 Å². The Balaban J connectivity index is 2.42. The van der Waals surface area contributed by atoms with E-state index in [9.17, 15) is 0 Å². The monoisotopic (exact) mass is 98.1 g/mol. The molecule has 0 aliphatic carbocycles. The lowest BCUT2D eigenvalue weighted by molar-refractivity contribution is 0.636. The van der Waals surface area contributed by atoms with E-state index in [0.717, 1.165) is 6.42 Å². The molecule has 1 heterocycles. The normalized spacial score (nSPS) is 29.4. The van der Waals surface area contributed by atoms with Crippen LogP contribution in [0, 0.1) is 0 Å². The van der Waals surface area contributed by atoms with Crippen LogP contribution in [0.3, 0.4) is 0 Å². The van der Waals surface area contributed by atoms with Crippen LogP contribution in [0.1, 0.15) is 20.3 Å². The molecule has 0 fully saturated rings. The first kappa shape index (κ1) is 4.62. The second-order valence-corrected chi connectivity index (χ2v) is 2.08. The minimum absolute atomic E-state index is 0.569. The van der Waals surface area contributed by atoms with Crippen LogP contribution in [-0.4, -0.2) is 11.8 Å². The Morgan fingerprint density at radius 2 is 2.57 bits per heavy atom. The molecule has 0 aromatic heterocycles. The maximum absolute atomic E-state index is 3.98. The molecule has 1 rings (SSSR count). The highest BCUT2D eigenvalue weighted by Gasteiger charge is 2.07. The van der Waals surface area contributed by atoms with Gasteiger partial charge in [0.25, 0.3) is 0 Å². The first-order chi connectivity index (χ1) is 3.29. The van der Waals surface area contributed by atoms with Gasteiger partial charge in [-0.15, -0.1) is 0 Å². The summed E-state index contributed by atoms with van der Waals surface area (Å²) in [5.41, 5.74) is 4.17. The fourth-order valence-corrected chi connectivity index (χ4v) is 0.755. The van der Waals surface area contributed by atoms with Crippen molar-refractivity contribution in [3.8, 4) is 0 Å². The fraction of sp³-hybridized carbons (Fsp3) is 0.800.